The Labute approximate surface area is 356 Å². The first-order valence-corrected chi connectivity index (χ1v) is 22.1. The third-order valence-corrected chi connectivity index (χ3v) is 14.8. The van der Waals surface area contributed by atoms with Gasteiger partial charge in [0.2, 0.25) is 0 Å². The van der Waals surface area contributed by atoms with Gasteiger partial charge in [0.25, 0.3) is 0 Å². The molecule has 0 N–H and O–H groups in total. The zero-order valence-corrected chi connectivity index (χ0v) is 34.6. The van der Waals surface area contributed by atoms with Gasteiger partial charge in [-0.1, -0.05) is 184 Å². The van der Waals surface area contributed by atoms with Gasteiger partial charge in [-0.15, -0.1) is 11.3 Å². The molecule has 8 aromatic carbocycles. The van der Waals surface area contributed by atoms with E-state index in [9.17, 15) is 0 Å². The van der Waals surface area contributed by atoms with Crippen molar-refractivity contribution in [3.63, 3.8) is 0 Å². The number of allylic oxidation sites excluding steroid dienone is 4. The van der Waals surface area contributed by atoms with Crippen molar-refractivity contribution < 1.29 is 0 Å². The van der Waals surface area contributed by atoms with E-state index in [-0.39, 0.29) is 5.41 Å². The summed E-state index contributed by atoms with van der Waals surface area (Å²) >= 11 is 1.93. The summed E-state index contributed by atoms with van der Waals surface area (Å²) in [6, 6.07) is 70.4. The summed E-state index contributed by atoms with van der Waals surface area (Å²) in [5.74, 6) is 0. The highest BCUT2D eigenvalue weighted by molar-refractivity contribution is 7.26. The summed E-state index contributed by atoms with van der Waals surface area (Å²) < 4.78 is 2.60. The lowest BCUT2D eigenvalue weighted by Gasteiger charge is -2.35. The van der Waals surface area contributed by atoms with Crippen LogP contribution in [0, 0.1) is 0 Å². The van der Waals surface area contributed by atoms with E-state index in [1.807, 2.05) is 11.3 Å². The normalized spacial score (nSPS) is 17.1. The van der Waals surface area contributed by atoms with Gasteiger partial charge in [0.05, 0.1) is 21.5 Å². The van der Waals surface area contributed by atoms with Crippen LogP contribution in [0.5, 0.6) is 0 Å². The second-order valence-corrected chi connectivity index (χ2v) is 18.1. The van der Waals surface area contributed by atoms with Crippen molar-refractivity contribution in [3.8, 4) is 22.3 Å². The standard InChI is InChI=1S/C58H43NS/c1-57(2)48-25-12-11-23-47(48)55-51(57)28-16-29-52(55)59(42-34-31-39(32-35-42)38-17-5-3-6-18-38)53-30-15-24-46-45-36-33-41(37-54(45)60-56(46)53)58(40-19-7-4-8-20-40)49-26-13-9-21-43(49)44-22-10-14-27-50(44)58/h3-9,11-21,23-37H,10,22H2,1-2H3. The zero-order chi connectivity index (χ0) is 40.0. The summed E-state index contributed by atoms with van der Waals surface area (Å²) in [7, 11) is 0. The van der Waals surface area contributed by atoms with Gasteiger partial charge in [-0.25, -0.2) is 0 Å². The Balaban J connectivity index is 1.09. The Morgan fingerprint density at radius 1 is 0.517 bits per heavy atom. The Hall–Kier alpha value is -6.74. The highest BCUT2D eigenvalue weighted by atomic mass is 32.1. The van der Waals surface area contributed by atoms with E-state index in [0.29, 0.717) is 0 Å². The van der Waals surface area contributed by atoms with Gasteiger partial charge >= 0.3 is 0 Å². The molecule has 0 radical (unpaired) electrons. The Morgan fingerprint density at radius 2 is 1.18 bits per heavy atom. The third kappa shape index (κ3) is 4.98. The van der Waals surface area contributed by atoms with Gasteiger partial charge in [-0.2, -0.15) is 0 Å². The number of hydrogen-bond acceptors (Lipinski definition) is 2. The second kappa shape index (κ2) is 13.4. The molecule has 286 valence electrons. The van der Waals surface area contributed by atoms with Gasteiger partial charge in [0, 0.05) is 32.1 Å². The van der Waals surface area contributed by atoms with Crippen LogP contribution in [0.1, 0.15) is 60.1 Å². The SMILES string of the molecule is CC1(C)c2ccccc2-c2c(N(c3ccc(-c4ccccc4)cc3)c3cccc4c3sc3cc(C5(c6ccccc6)C6=C(CCC=C6)c6ccccc65)ccc34)cccc21. The van der Waals surface area contributed by atoms with Crippen molar-refractivity contribution in [2.45, 2.75) is 37.5 Å². The predicted molar refractivity (Wildman–Crippen MR) is 255 cm³/mol. The van der Waals surface area contributed by atoms with Crippen LogP contribution >= 0.6 is 11.3 Å². The van der Waals surface area contributed by atoms with E-state index in [1.54, 1.807) is 0 Å². The van der Waals surface area contributed by atoms with Crippen molar-refractivity contribution in [2.75, 3.05) is 4.90 Å². The highest BCUT2D eigenvalue weighted by Crippen LogP contribution is 2.59. The van der Waals surface area contributed by atoms with E-state index < -0.39 is 5.41 Å². The summed E-state index contributed by atoms with van der Waals surface area (Å²) in [5.41, 5.74) is 19.2. The number of hydrogen-bond donors (Lipinski definition) is 0. The van der Waals surface area contributed by atoms with E-state index in [2.05, 4.69) is 219 Å². The minimum Gasteiger partial charge on any atom is -0.308 e. The Bertz CT molecular complexity index is 3220. The van der Waals surface area contributed by atoms with Crippen LogP contribution in [0.2, 0.25) is 0 Å². The van der Waals surface area contributed by atoms with Crippen molar-refractivity contribution in [1.82, 2.24) is 0 Å². The number of nitrogens with zero attached hydrogens (tertiary/aromatic N) is 1. The maximum absolute atomic E-state index is 2.53. The van der Waals surface area contributed by atoms with Gasteiger partial charge in [-0.3, -0.25) is 0 Å². The van der Waals surface area contributed by atoms with Crippen LogP contribution in [0.4, 0.5) is 17.1 Å². The van der Waals surface area contributed by atoms with E-state index in [0.717, 1.165) is 18.5 Å². The number of anilines is 3. The van der Waals surface area contributed by atoms with Gasteiger partial charge in [0.1, 0.15) is 0 Å². The predicted octanol–water partition coefficient (Wildman–Crippen LogP) is 15.9. The van der Waals surface area contributed by atoms with Crippen molar-refractivity contribution >= 4 is 54.1 Å². The molecule has 3 aliphatic rings. The molecule has 0 saturated carbocycles. The molecule has 60 heavy (non-hydrogen) atoms. The summed E-state index contributed by atoms with van der Waals surface area (Å²) in [5, 5.41) is 2.59. The quantitative estimate of drug-likeness (QED) is 0.162. The van der Waals surface area contributed by atoms with Crippen LogP contribution in [0.3, 0.4) is 0 Å². The highest BCUT2D eigenvalue weighted by Gasteiger charge is 2.47. The van der Waals surface area contributed by atoms with Crippen LogP contribution in [-0.4, -0.2) is 0 Å². The first-order valence-electron chi connectivity index (χ1n) is 21.2. The smallest absolute Gasteiger partial charge is 0.0710 e. The molecule has 1 heterocycles. The molecule has 1 nitrogen and oxygen atoms in total. The van der Waals surface area contributed by atoms with Gasteiger partial charge in [0.15, 0.2) is 0 Å². The molecule has 0 aliphatic heterocycles. The van der Waals surface area contributed by atoms with Crippen LogP contribution in [-0.2, 0) is 10.8 Å². The molecular formula is C58H43NS. The van der Waals surface area contributed by atoms with Crippen molar-refractivity contribution in [2.24, 2.45) is 0 Å². The molecule has 0 spiro atoms. The molecule has 0 fully saturated rings. The number of benzene rings is 8. The molecule has 1 aromatic heterocycles. The minimum absolute atomic E-state index is 0.110. The molecule has 12 rings (SSSR count). The fraction of sp³-hybridized carbons (Fsp3) is 0.103. The van der Waals surface area contributed by atoms with E-state index in [4.69, 9.17) is 0 Å². The minimum atomic E-state index is -0.394. The summed E-state index contributed by atoms with van der Waals surface area (Å²) in [6.07, 6.45) is 6.96. The van der Waals surface area contributed by atoms with Gasteiger partial charge in [-0.05, 0) is 104 Å². The first kappa shape index (κ1) is 35.2. The van der Waals surface area contributed by atoms with Crippen LogP contribution < -0.4 is 4.90 Å². The molecule has 1 unspecified atom stereocenters. The second-order valence-electron chi connectivity index (χ2n) is 17.1. The largest absolute Gasteiger partial charge is 0.308 e. The zero-order valence-electron chi connectivity index (χ0n) is 33.8. The number of thiophene rings is 1. The van der Waals surface area contributed by atoms with Crippen LogP contribution in [0.15, 0.2) is 206 Å². The third-order valence-electron chi connectivity index (χ3n) is 13.6. The Kier molecular flexibility index (Phi) is 7.86. The van der Waals surface area contributed by atoms with Gasteiger partial charge < -0.3 is 4.90 Å². The fourth-order valence-electron chi connectivity index (χ4n) is 10.9. The maximum Gasteiger partial charge on any atom is 0.0710 e. The lowest BCUT2D eigenvalue weighted by molar-refractivity contribution is 0.660. The monoisotopic (exact) mass is 785 g/mol. The number of fused-ring (bicyclic) bond motifs is 8. The molecule has 9 aromatic rings. The summed E-state index contributed by atoms with van der Waals surface area (Å²) in [6.45, 7) is 4.75. The van der Waals surface area contributed by atoms with Crippen LogP contribution in [0.25, 0.3) is 48.0 Å². The van der Waals surface area contributed by atoms with E-state index >= 15 is 0 Å². The molecule has 3 aliphatic carbocycles. The molecule has 2 heteroatoms. The Morgan fingerprint density at radius 3 is 2.00 bits per heavy atom. The maximum atomic E-state index is 2.53. The van der Waals surface area contributed by atoms with Crippen molar-refractivity contribution in [3.05, 3.63) is 239 Å². The fourth-order valence-corrected chi connectivity index (χ4v) is 12.2. The van der Waals surface area contributed by atoms with Crippen molar-refractivity contribution in [1.29, 1.82) is 0 Å². The van der Waals surface area contributed by atoms with E-state index in [1.165, 1.54) is 98.3 Å². The lowest BCUT2D eigenvalue weighted by Crippen LogP contribution is -2.29. The number of rotatable bonds is 6. The first-order chi connectivity index (χ1) is 29.5. The molecule has 1 atom stereocenters. The topological polar surface area (TPSA) is 3.24 Å². The summed E-state index contributed by atoms with van der Waals surface area (Å²) in [4.78, 5) is 2.53. The molecule has 0 bridgehead atoms. The lowest BCUT2D eigenvalue weighted by atomic mass is 9.66. The average Bonchev–Trinajstić information content (AvgIpc) is 3.92. The molecule has 0 saturated heterocycles. The average molecular weight is 786 g/mol. The molecule has 0 amide bonds. The molecular weight excluding hydrogens is 743 g/mol.